The van der Waals surface area contributed by atoms with E-state index in [2.05, 4.69) is 28.4 Å². The standard InChI is InChI=1S/C20H18N4O2/c1-14-11-16-9-5-6-10-18(16)24(14)23-20(25)26-17-12-21-19(22-13-17)15-7-3-2-4-8-15/h2-10,12-14H,11H2,1H3,(H,23,25). The Hall–Kier alpha value is -3.41. The molecule has 1 amide bonds. The number of carbonyl (C=O) groups is 1. The van der Waals surface area contributed by atoms with Gasteiger partial charge in [-0.15, -0.1) is 0 Å². The number of nitrogens with one attached hydrogen (secondary N) is 1. The van der Waals surface area contributed by atoms with Crippen molar-refractivity contribution in [2.75, 3.05) is 5.01 Å². The van der Waals surface area contributed by atoms with Crippen LogP contribution in [0.2, 0.25) is 0 Å². The smallest absolute Gasteiger partial charge is 0.406 e. The predicted octanol–water partition coefficient (Wildman–Crippen LogP) is 3.60. The molecule has 1 aromatic heterocycles. The molecule has 0 spiro atoms. The zero-order valence-electron chi connectivity index (χ0n) is 14.3. The van der Waals surface area contributed by atoms with E-state index in [9.17, 15) is 4.79 Å². The van der Waals surface area contributed by atoms with Crippen molar-refractivity contribution in [1.82, 2.24) is 15.4 Å². The van der Waals surface area contributed by atoms with Crippen molar-refractivity contribution in [2.45, 2.75) is 19.4 Å². The van der Waals surface area contributed by atoms with Gasteiger partial charge in [0.1, 0.15) is 0 Å². The quantitative estimate of drug-likeness (QED) is 0.785. The maximum absolute atomic E-state index is 12.2. The van der Waals surface area contributed by atoms with E-state index in [-0.39, 0.29) is 6.04 Å². The molecule has 130 valence electrons. The lowest BCUT2D eigenvalue weighted by atomic mass is 10.1. The van der Waals surface area contributed by atoms with Gasteiger partial charge in [-0.05, 0) is 25.0 Å². The molecule has 1 atom stereocenters. The Balaban J connectivity index is 1.42. The molecule has 2 aromatic carbocycles. The Bertz CT molecular complexity index is 913. The van der Waals surface area contributed by atoms with Crippen molar-refractivity contribution in [3.8, 4) is 17.1 Å². The number of ether oxygens (including phenoxy) is 1. The number of nitrogens with zero attached hydrogens (tertiary/aromatic N) is 3. The Morgan fingerprint density at radius 1 is 1.08 bits per heavy atom. The number of hydrazine groups is 1. The van der Waals surface area contributed by atoms with E-state index in [1.807, 2.05) is 53.5 Å². The Morgan fingerprint density at radius 2 is 1.77 bits per heavy atom. The number of hydrogen-bond acceptors (Lipinski definition) is 5. The van der Waals surface area contributed by atoms with Gasteiger partial charge >= 0.3 is 6.09 Å². The lowest BCUT2D eigenvalue weighted by Crippen LogP contribution is -2.46. The summed E-state index contributed by atoms with van der Waals surface area (Å²) in [7, 11) is 0. The minimum absolute atomic E-state index is 0.164. The molecule has 0 radical (unpaired) electrons. The molecule has 0 saturated heterocycles. The van der Waals surface area contributed by atoms with E-state index in [0.29, 0.717) is 11.6 Å². The number of benzene rings is 2. The van der Waals surface area contributed by atoms with Crippen LogP contribution in [0.5, 0.6) is 5.75 Å². The van der Waals surface area contributed by atoms with Crippen molar-refractivity contribution in [2.24, 2.45) is 0 Å². The second-order valence-corrected chi connectivity index (χ2v) is 6.16. The highest BCUT2D eigenvalue weighted by Crippen LogP contribution is 2.30. The van der Waals surface area contributed by atoms with E-state index in [1.54, 1.807) is 0 Å². The normalized spacial score (nSPS) is 15.4. The van der Waals surface area contributed by atoms with Gasteiger partial charge in [0.2, 0.25) is 0 Å². The first-order valence-corrected chi connectivity index (χ1v) is 8.44. The molecule has 26 heavy (non-hydrogen) atoms. The topological polar surface area (TPSA) is 67.4 Å². The number of fused-ring (bicyclic) bond motifs is 1. The zero-order valence-corrected chi connectivity index (χ0v) is 14.3. The van der Waals surface area contributed by atoms with Crippen molar-refractivity contribution in [3.63, 3.8) is 0 Å². The highest BCUT2D eigenvalue weighted by atomic mass is 16.6. The van der Waals surface area contributed by atoms with Gasteiger partial charge < -0.3 is 4.74 Å². The first-order valence-electron chi connectivity index (χ1n) is 8.44. The predicted molar refractivity (Wildman–Crippen MR) is 98.7 cm³/mol. The molecule has 4 rings (SSSR count). The van der Waals surface area contributed by atoms with Crippen molar-refractivity contribution in [1.29, 1.82) is 0 Å². The summed E-state index contributed by atoms with van der Waals surface area (Å²) in [4.78, 5) is 20.8. The first-order chi connectivity index (χ1) is 12.7. The van der Waals surface area contributed by atoms with Crippen LogP contribution in [-0.2, 0) is 6.42 Å². The highest BCUT2D eigenvalue weighted by Gasteiger charge is 2.27. The average molecular weight is 346 g/mol. The number of hydrogen-bond donors (Lipinski definition) is 1. The minimum Gasteiger partial charge on any atom is -0.406 e. The summed E-state index contributed by atoms with van der Waals surface area (Å²) in [6, 6.07) is 17.8. The SMILES string of the molecule is CC1Cc2ccccc2N1NC(=O)Oc1cnc(-c2ccccc2)nc1. The summed E-state index contributed by atoms with van der Waals surface area (Å²) >= 11 is 0. The van der Waals surface area contributed by atoms with Gasteiger partial charge in [-0.3, -0.25) is 5.01 Å². The Morgan fingerprint density at radius 3 is 2.54 bits per heavy atom. The number of anilines is 1. The maximum Gasteiger partial charge on any atom is 0.431 e. The third kappa shape index (κ3) is 3.21. The number of rotatable bonds is 3. The molecule has 3 aromatic rings. The molecule has 1 aliphatic heterocycles. The summed E-state index contributed by atoms with van der Waals surface area (Å²) in [6.45, 7) is 2.05. The number of amides is 1. The minimum atomic E-state index is -0.565. The van der Waals surface area contributed by atoms with Gasteiger partial charge in [0, 0.05) is 5.56 Å². The second kappa shape index (κ2) is 6.84. The molecular formula is C20H18N4O2. The third-order valence-corrected chi connectivity index (χ3v) is 4.29. The molecule has 2 heterocycles. The number of para-hydroxylation sites is 1. The van der Waals surface area contributed by atoms with E-state index in [0.717, 1.165) is 17.7 Å². The monoisotopic (exact) mass is 346 g/mol. The maximum atomic E-state index is 12.2. The van der Waals surface area contributed by atoms with Gasteiger partial charge in [0.15, 0.2) is 11.6 Å². The fraction of sp³-hybridized carbons (Fsp3) is 0.150. The van der Waals surface area contributed by atoms with Crippen molar-refractivity contribution < 1.29 is 9.53 Å². The van der Waals surface area contributed by atoms with Gasteiger partial charge in [0.25, 0.3) is 0 Å². The number of aromatic nitrogens is 2. The molecular weight excluding hydrogens is 328 g/mol. The van der Waals surface area contributed by atoms with E-state index in [1.165, 1.54) is 18.0 Å². The van der Waals surface area contributed by atoms with Crippen molar-refractivity contribution >= 4 is 11.8 Å². The van der Waals surface area contributed by atoms with E-state index in [4.69, 9.17) is 4.74 Å². The average Bonchev–Trinajstić information content (AvgIpc) is 2.98. The summed E-state index contributed by atoms with van der Waals surface area (Å²) < 4.78 is 5.31. The molecule has 0 fully saturated rings. The molecule has 1 unspecified atom stereocenters. The van der Waals surface area contributed by atoms with Crippen molar-refractivity contribution in [3.05, 3.63) is 72.6 Å². The second-order valence-electron chi connectivity index (χ2n) is 6.16. The van der Waals surface area contributed by atoms with Crippen LogP contribution >= 0.6 is 0 Å². The molecule has 6 nitrogen and oxygen atoms in total. The third-order valence-electron chi connectivity index (χ3n) is 4.29. The fourth-order valence-electron chi connectivity index (χ4n) is 3.07. The van der Waals surface area contributed by atoms with Gasteiger partial charge in [-0.2, -0.15) is 0 Å². The van der Waals surface area contributed by atoms with Crippen LogP contribution in [-0.4, -0.2) is 22.1 Å². The zero-order chi connectivity index (χ0) is 17.9. The first kappa shape index (κ1) is 16.1. The van der Waals surface area contributed by atoms with Crippen LogP contribution in [0.25, 0.3) is 11.4 Å². The highest BCUT2D eigenvalue weighted by molar-refractivity contribution is 5.74. The van der Waals surface area contributed by atoms with Gasteiger partial charge in [-0.25, -0.2) is 20.2 Å². The summed E-state index contributed by atoms with van der Waals surface area (Å²) in [5.74, 6) is 0.878. The van der Waals surface area contributed by atoms with Crippen LogP contribution in [0.4, 0.5) is 10.5 Å². The molecule has 1 N–H and O–H groups in total. The van der Waals surface area contributed by atoms with E-state index >= 15 is 0 Å². The van der Waals surface area contributed by atoms with Gasteiger partial charge in [0.05, 0.1) is 24.1 Å². The molecule has 0 bridgehead atoms. The largest absolute Gasteiger partial charge is 0.431 e. The Labute approximate surface area is 151 Å². The lowest BCUT2D eigenvalue weighted by Gasteiger charge is -2.24. The summed E-state index contributed by atoms with van der Waals surface area (Å²) in [5, 5.41) is 1.83. The van der Waals surface area contributed by atoms with Crippen LogP contribution < -0.4 is 15.2 Å². The van der Waals surface area contributed by atoms with Crippen LogP contribution in [0.1, 0.15) is 12.5 Å². The molecule has 1 aliphatic rings. The molecule has 0 aliphatic carbocycles. The number of carbonyl (C=O) groups excluding carboxylic acids is 1. The van der Waals surface area contributed by atoms with Crippen LogP contribution in [0.15, 0.2) is 67.0 Å². The fourth-order valence-corrected chi connectivity index (χ4v) is 3.07. The lowest BCUT2D eigenvalue weighted by molar-refractivity contribution is 0.198. The van der Waals surface area contributed by atoms with Crippen LogP contribution in [0, 0.1) is 0 Å². The summed E-state index contributed by atoms with van der Waals surface area (Å²) in [5.41, 5.74) is 5.90. The molecule has 6 heteroatoms. The van der Waals surface area contributed by atoms with Gasteiger partial charge in [-0.1, -0.05) is 48.5 Å². The molecule has 0 saturated carbocycles. The summed E-state index contributed by atoms with van der Waals surface area (Å²) in [6.07, 6.45) is 3.31. The Kier molecular flexibility index (Phi) is 4.23. The van der Waals surface area contributed by atoms with E-state index < -0.39 is 6.09 Å². The van der Waals surface area contributed by atoms with Crippen LogP contribution in [0.3, 0.4) is 0 Å².